The summed E-state index contributed by atoms with van der Waals surface area (Å²) in [5.74, 6) is 0.271. The maximum Gasteiger partial charge on any atom is 0.140 e. The lowest BCUT2D eigenvalue weighted by atomic mass is 9.64. The van der Waals surface area contributed by atoms with Gasteiger partial charge in [-0.1, -0.05) is 24.3 Å². The van der Waals surface area contributed by atoms with Crippen molar-refractivity contribution in [3.05, 3.63) is 76.2 Å². The van der Waals surface area contributed by atoms with E-state index < -0.39 is 5.41 Å². The lowest BCUT2D eigenvalue weighted by Crippen LogP contribution is -2.37. The number of hydrogen-bond donors (Lipinski definition) is 0. The van der Waals surface area contributed by atoms with Crippen molar-refractivity contribution in [2.45, 2.75) is 51.9 Å². The van der Waals surface area contributed by atoms with Gasteiger partial charge in [-0.2, -0.15) is 0 Å². The molecule has 1 aromatic heterocycles. The molecule has 3 heteroatoms. The Bertz CT molecular complexity index is 946. The molecule has 0 bridgehead atoms. The molecule has 0 saturated carbocycles. The van der Waals surface area contributed by atoms with E-state index in [0.29, 0.717) is 0 Å². The summed E-state index contributed by atoms with van der Waals surface area (Å²) in [6, 6.07) is 10.4. The van der Waals surface area contributed by atoms with Gasteiger partial charge in [-0.15, -0.1) is 0 Å². The molecule has 0 saturated heterocycles. The fourth-order valence-electron chi connectivity index (χ4n) is 4.46. The highest BCUT2D eigenvalue weighted by Gasteiger charge is 2.43. The third-order valence-corrected chi connectivity index (χ3v) is 6.15. The highest BCUT2D eigenvalue weighted by Crippen LogP contribution is 2.47. The summed E-state index contributed by atoms with van der Waals surface area (Å²) in [6.45, 7) is 6.02. The van der Waals surface area contributed by atoms with Gasteiger partial charge in [0.2, 0.25) is 0 Å². The fraction of sp³-hybridized carbons (Fsp3) is 0.348. The summed E-state index contributed by atoms with van der Waals surface area (Å²) in [7, 11) is 0. The van der Waals surface area contributed by atoms with Crippen LogP contribution in [-0.2, 0) is 10.2 Å². The first-order valence-electron chi connectivity index (χ1n) is 9.28. The molecule has 2 aromatic rings. The largest absolute Gasteiger partial charge is 0.299 e. The number of aromatic nitrogens is 1. The van der Waals surface area contributed by atoms with E-state index in [1.54, 1.807) is 13.1 Å². The molecule has 1 atom stereocenters. The van der Waals surface area contributed by atoms with Gasteiger partial charge < -0.3 is 0 Å². The van der Waals surface area contributed by atoms with Crippen LogP contribution in [0, 0.1) is 13.8 Å². The minimum absolute atomic E-state index is 0. The topological polar surface area (TPSA) is 42.3 Å². The molecule has 3 nitrogen and oxygen atoms in total. The van der Waals surface area contributed by atoms with Crippen molar-refractivity contribution in [2.75, 3.05) is 0 Å². The first-order chi connectivity index (χ1) is 12.5. The second-order valence-electron chi connectivity index (χ2n) is 7.59. The van der Waals surface area contributed by atoms with Crippen molar-refractivity contribution < 1.29 is 6.22 Å². The molecule has 1 aliphatic heterocycles. The second kappa shape index (κ2) is 6.31. The van der Waals surface area contributed by atoms with E-state index in [9.17, 15) is 4.79 Å². The van der Waals surface area contributed by atoms with Crippen LogP contribution in [0.5, 0.6) is 0 Å². The quantitative estimate of drug-likeness (QED) is 0.776. The van der Waals surface area contributed by atoms with Crippen LogP contribution in [0.1, 0.15) is 56.3 Å². The number of rotatable bonds is 3. The third-order valence-electron chi connectivity index (χ3n) is 6.15. The molecule has 4 rings (SSSR count). The summed E-state index contributed by atoms with van der Waals surface area (Å²) in [4.78, 5) is 22.0. The van der Waals surface area contributed by atoms with E-state index in [1.165, 1.54) is 28.0 Å². The lowest BCUT2D eigenvalue weighted by Gasteiger charge is -2.37. The van der Waals surface area contributed by atoms with Crippen LogP contribution in [0.4, 0.5) is 0 Å². The SMILES string of the molecule is CC(=O)C1(c2cccc(C)c2C)CCC2=C(CC(c3cccnc3)=N2)C1.[HH]. The predicted octanol–water partition coefficient (Wildman–Crippen LogP) is 5.10. The number of allylic oxidation sites excluding steroid dienone is 2. The molecular weight excluding hydrogens is 320 g/mol. The first-order valence-corrected chi connectivity index (χ1v) is 9.28. The number of Topliss-reactive ketones (excluding diaryl/α,β-unsaturated/α-hetero) is 1. The van der Waals surface area contributed by atoms with Crippen molar-refractivity contribution in [1.29, 1.82) is 0 Å². The average Bonchev–Trinajstić information content (AvgIpc) is 3.07. The summed E-state index contributed by atoms with van der Waals surface area (Å²) in [5, 5.41) is 0. The Labute approximate surface area is 156 Å². The third kappa shape index (κ3) is 2.63. The molecule has 0 radical (unpaired) electrons. The Morgan fingerprint density at radius 3 is 2.77 bits per heavy atom. The number of carbonyl (C=O) groups excluding carboxylic acids is 1. The standard InChI is InChI=1S/C23H24N2O.H2/c1-15-6-4-8-20(16(15)2)23(17(3)26)10-9-21-19(13-23)12-22(25-21)18-7-5-11-24-14-18;/h4-8,11,14H,9-10,12-13H2,1-3H3;1H. The van der Waals surface area contributed by atoms with Crippen LogP contribution in [0.2, 0.25) is 0 Å². The van der Waals surface area contributed by atoms with E-state index >= 15 is 0 Å². The Kier molecular flexibility index (Phi) is 4.10. The molecule has 0 N–H and O–H groups in total. The normalized spacial score (nSPS) is 22.2. The number of aliphatic imine (C=N–C) groups is 1. The zero-order valence-electron chi connectivity index (χ0n) is 15.7. The summed E-state index contributed by atoms with van der Waals surface area (Å²) < 4.78 is 0. The van der Waals surface area contributed by atoms with Gasteiger partial charge >= 0.3 is 0 Å². The molecule has 2 heterocycles. The van der Waals surface area contributed by atoms with Gasteiger partial charge in [0.1, 0.15) is 5.78 Å². The number of carbonyl (C=O) groups is 1. The predicted molar refractivity (Wildman–Crippen MR) is 107 cm³/mol. The number of ketones is 1. The van der Waals surface area contributed by atoms with Gasteiger partial charge in [0.25, 0.3) is 0 Å². The van der Waals surface area contributed by atoms with Gasteiger partial charge in [0.05, 0.1) is 11.1 Å². The Balaban J connectivity index is 0.00000210. The molecule has 1 unspecified atom stereocenters. The van der Waals surface area contributed by atoms with Crippen LogP contribution >= 0.6 is 0 Å². The average molecular weight is 346 g/mol. The summed E-state index contributed by atoms with van der Waals surface area (Å²) in [5.41, 5.74) is 7.98. The van der Waals surface area contributed by atoms with Gasteiger partial charge in [-0.25, -0.2) is 0 Å². The van der Waals surface area contributed by atoms with Gasteiger partial charge in [-0.3, -0.25) is 14.8 Å². The second-order valence-corrected chi connectivity index (χ2v) is 7.59. The van der Waals surface area contributed by atoms with Crippen LogP contribution in [0.15, 0.2) is 59.0 Å². The molecule has 26 heavy (non-hydrogen) atoms. The van der Waals surface area contributed by atoms with Gasteiger partial charge in [0, 0.05) is 31.5 Å². The minimum atomic E-state index is -0.408. The van der Waals surface area contributed by atoms with E-state index in [2.05, 4.69) is 43.1 Å². The summed E-state index contributed by atoms with van der Waals surface area (Å²) >= 11 is 0. The van der Waals surface area contributed by atoms with Gasteiger partial charge in [0.15, 0.2) is 0 Å². The van der Waals surface area contributed by atoms with E-state index in [-0.39, 0.29) is 7.21 Å². The van der Waals surface area contributed by atoms with Crippen LogP contribution in [-0.4, -0.2) is 16.5 Å². The molecule has 1 aromatic carbocycles. The summed E-state index contributed by atoms with van der Waals surface area (Å²) in [6.07, 6.45) is 6.99. The molecule has 0 spiro atoms. The molecular formula is C23H26N2O. The van der Waals surface area contributed by atoms with Crippen LogP contribution in [0.3, 0.4) is 0 Å². The maximum absolute atomic E-state index is 12.9. The zero-order valence-corrected chi connectivity index (χ0v) is 15.7. The zero-order chi connectivity index (χ0) is 18.3. The molecule has 134 valence electrons. The van der Waals surface area contributed by atoms with E-state index in [4.69, 9.17) is 4.99 Å². The van der Waals surface area contributed by atoms with Crippen LogP contribution in [0.25, 0.3) is 0 Å². The fourth-order valence-corrected chi connectivity index (χ4v) is 4.46. The van der Waals surface area contributed by atoms with Gasteiger partial charge in [-0.05, 0) is 68.4 Å². The molecule has 0 fully saturated rings. The number of nitrogens with zero attached hydrogens (tertiary/aromatic N) is 2. The van der Waals surface area contributed by atoms with E-state index in [0.717, 1.165) is 37.0 Å². The minimum Gasteiger partial charge on any atom is -0.299 e. The number of pyridine rings is 1. The maximum atomic E-state index is 12.9. The molecule has 2 aliphatic rings. The van der Waals surface area contributed by atoms with Crippen LogP contribution < -0.4 is 0 Å². The van der Waals surface area contributed by atoms with Crippen molar-refractivity contribution >= 4 is 11.5 Å². The van der Waals surface area contributed by atoms with Crippen molar-refractivity contribution in [2.24, 2.45) is 4.99 Å². The number of hydrogen-bond acceptors (Lipinski definition) is 3. The molecule has 0 amide bonds. The highest BCUT2D eigenvalue weighted by molar-refractivity contribution is 6.04. The lowest BCUT2D eigenvalue weighted by molar-refractivity contribution is -0.123. The number of benzene rings is 1. The Morgan fingerprint density at radius 2 is 2.04 bits per heavy atom. The highest BCUT2D eigenvalue weighted by atomic mass is 16.1. The van der Waals surface area contributed by atoms with Crippen molar-refractivity contribution in [3.8, 4) is 0 Å². The Hall–Kier alpha value is -2.55. The van der Waals surface area contributed by atoms with Crippen molar-refractivity contribution in [1.82, 2.24) is 4.98 Å². The first kappa shape index (κ1) is 16.9. The monoisotopic (exact) mass is 346 g/mol. The van der Waals surface area contributed by atoms with Crippen molar-refractivity contribution in [3.63, 3.8) is 0 Å². The Morgan fingerprint density at radius 1 is 1.19 bits per heavy atom. The number of aryl methyl sites for hydroxylation is 1. The molecule has 1 aliphatic carbocycles. The van der Waals surface area contributed by atoms with E-state index in [1.807, 2.05) is 12.3 Å². The smallest absolute Gasteiger partial charge is 0.140 e.